The second kappa shape index (κ2) is 7.82. The monoisotopic (exact) mass is 354 g/mol. The normalized spacial score (nSPS) is 10.6. The Balaban J connectivity index is 1.63. The SMILES string of the molecule is COc1ccc2c(c1)c(CNC(=O)COc1ccccc1OC)cn2C. The number of rotatable bonds is 7. The molecule has 6 heteroatoms. The van der Waals surface area contributed by atoms with E-state index in [1.807, 2.05) is 48.1 Å². The summed E-state index contributed by atoms with van der Waals surface area (Å²) < 4.78 is 18.1. The third kappa shape index (κ3) is 3.74. The van der Waals surface area contributed by atoms with E-state index in [1.165, 1.54) is 0 Å². The van der Waals surface area contributed by atoms with E-state index in [2.05, 4.69) is 5.32 Å². The number of hydrogen-bond acceptors (Lipinski definition) is 4. The van der Waals surface area contributed by atoms with Crippen molar-refractivity contribution in [2.75, 3.05) is 20.8 Å². The van der Waals surface area contributed by atoms with Crippen molar-refractivity contribution in [3.63, 3.8) is 0 Å². The Kier molecular flexibility index (Phi) is 5.31. The van der Waals surface area contributed by atoms with Crippen LogP contribution in [-0.2, 0) is 18.4 Å². The van der Waals surface area contributed by atoms with Gasteiger partial charge in [-0.2, -0.15) is 0 Å². The Morgan fingerprint density at radius 2 is 1.85 bits per heavy atom. The number of ether oxygens (including phenoxy) is 3. The molecule has 0 bridgehead atoms. The molecule has 1 aromatic heterocycles. The van der Waals surface area contributed by atoms with Gasteiger partial charge in [-0.25, -0.2) is 0 Å². The van der Waals surface area contributed by atoms with E-state index in [0.717, 1.165) is 22.2 Å². The van der Waals surface area contributed by atoms with Crippen LogP contribution in [0.15, 0.2) is 48.7 Å². The molecule has 0 fully saturated rings. The van der Waals surface area contributed by atoms with Crippen LogP contribution >= 0.6 is 0 Å². The van der Waals surface area contributed by atoms with Gasteiger partial charge in [0.15, 0.2) is 18.1 Å². The maximum absolute atomic E-state index is 12.1. The van der Waals surface area contributed by atoms with E-state index in [1.54, 1.807) is 26.4 Å². The van der Waals surface area contributed by atoms with Gasteiger partial charge >= 0.3 is 0 Å². The molecule has 0 radical (unpaired) electrons. The van der Waals surface area contributed by atoms with Gasteiger partial charge in [-0.15, -0.1) is 0 Å². The Morgan fingerprint density at radius 1 is 1.08 bits per heavy atom. The van der Waals surface area contributed by atoms with Crippen LogP contribution in [0.1, 0.15) is 5.56 Å². The fourth-order valence-electron chi connectivity index (χ4n) is 2.85. The van der Waals surface area contributed by atoms with Gasteiger partial charge in [0.05, 0.1) is 14.2 Å². The van der Waals surface area contributed by atoms with Gasteiger partial charge in [0.2, 0.25) is 0 Å². The lowest BCUT2D eigenvalue weighted by Crippen LogP contribution is -2.28. The first kappa shape index (κ1) is 17.7. The number of methoxy groups -OCH3 is 2. The summed E-state index contributed by atoms with van der Waals surface area (Å²) in [6, 6.07) is 13.1. The molecule has 2 aromatic carbocycles. The molecule has 1 amide bonds. The largest absolute Gasteiger partial charge is 0.497 e. The second-order valence-electron chi connectivity index (χ2n) is 5.86. The van der Waals surface area contributed by atoms with Crippen molar-refractivity contribution in [3.8, 4) is 17.2 Å². The number of nitrogens with one attached hydrogen (secondary N) is 1. The average Bonchev–Trinajstić information content (AvgIpc) is 3.00. The number of nitrogens with zero attached hydrogens (tertiary/aromatic N) is 1. The number of amides is 1. The first-order valence-corrected chi connectivity index (χ1v) is 8.27. The van der Waals surface area contributed by atoms with Crippen LogP contribution in [0.4, 0.5) is 0 Å². The lowest BCUT2D eigenvalue weighted by molar-refractivity contribution is -0.123. The van der Waals surface area contributed by atoms with Crippen LogP contribution in [0.3, 0.4) is 0 Å². The summed E-state index contributed by atoms with van der Waals surface area (Å²) in [7, 11) is 5.18. The molecule has 0 spiro atoms. The average molecular weight is 354 g/mol. The predicted octanol–water partition coefficient (Wildman–Crippen LogP) is 2.89. The first-order valence-electron chi connectivity index (χ1n) is 8.27. The molecule has 26 heavy (non-hydrogen) atoms. The van der Waals surface area contributed by atoms with Crippen LogP contribution in [-0.4, -0.2) is 31.3 Å². The zero-order valence-electron chi connectivity index (χ0n) is 15.1. The third-order valence-corrected chi connectivity index (χ3v) is 4.18. The van der Waals surface area contributed by atoms with Crippen molar-refractivity contribution in [2.24, 2.45) is 7.05 Å². The van der Waals surface area contributed by atoms with Gasteiger partial charge in [-0.3, -0.25) is 4.79 Å². The highest BCUT2D eigenvalue weighted by molar-refractivity contribution is 5.86. The molecule has 3 rings (SSSR count). The molecule has 0 atom stereocenters. The smallest absolute Gasteiger partial charge is 0.258 e. The summed E-state index contributed by atoms with van der Waals surface area (Å²) in [5.41, 5.74) is 2.10. The van der Waals surface area contributed by atoms with Crippen molar-refractivity contribution < 1.29 is 19.0 Å². The molecular weight excluding hydrogens is 332 g/mol. The summed E-state index contributed by atoms with van der Waals surface area (Å²) in [6.45, 7) is 0.340. The predicted molar refractivity (Wildman–Crippen MR) is 99.8 cm³/mol. The molecule has 0 unspecified atom stereocenters. The lowest BCUT2D eigenvalue weighted by atomic mass is 10.1. The highest BCUT2D eigenvalue weighted by atomic mass is 16.5. The van der Waals surface area contributed by atoms with Crippen molar-refractivity contribution in [3.05, 3.63) is 54.2 Å². The van der Waals surface area contributed by atoms with Crippen LogP contribution in [0, 0.1) is 0 Å². The third-order valence-electron chi connectivity index (χ3n) is 4.18. The van der Waals surface area contributed by atoms with E-state index in [9.17, 15) is 4.79 Å². The van der Waals surface area contributed by atoms with Crippen molar-refractivity contribution in [1.29, 1.82) is 0 Å². The number of hydrogen-bond donors (Lipinski definition) is 1. The maximum atomic E-state index is 12.1. The zero-order chi connectivity index (χ0) is 18.5. The van der Waals surface area contributed by atoms with E-state index >= 15 is 0 Å². The number of aromatic nitrogens is 1. The number of carbonyl (C=O) groups excluding carboxylic acids is 1. The van der Waals surface area contributed by atoms with Crippen LogP contribution < -0.4 is 19.5 Å². The van der Waals surface area contributed by atoms with Crippen LogP contribution in [0.2, 0.25) is 0 Å². The van der Waals surface area contributed by atoms with E-state index < -0.39 is 0 Å². The number of fused-ring (bicyclic) bond motifs is 1. The fourth-order valence-corrected chi connectivity index (χ4v) is 2.85. The second-order valence-corrected chi connectivity index (χ2v) is 5.86. The Morgan fingerprint density at radius 3 is 2.58 bits per heavy atom. The minimum absolute atomic E-state index is 0.0749. The highest BCUT2D eigenvalue weighted by Gasteiger charge is 2.10. The maximum Gasteiger partial charge on any atom is 0.258 e. The fraction of sp³-hybridized carbons (Fsp3) is 0.250. The Bertz CT molecular complexity index is 917. The molecule has 136 valence electrons. The van der Waals surface area contributed by atoms with Crippen LogP contribution in [0.5, 0.6) is 17.2 Å². The minimum Gasteiger partial charge on any atom is -0.497 e. The molecule has 1 N–H and O–H groups in total. The summed E-state index contributed by atoms with van der Waals surface area (Å²) in [5.74, 6) is 1.73. The zero-order valence-corrected chi connectivity index (χ0v) is 15.1. The standard InChI is InChI=1S/C20H22N2O4/c1-22-12-14(16-10-15(24-2)8-9-17(16)22)11-21-20(23)13-26-19-7-5-4-6-18(19)25-3/h4-10,12H,11,13H2,1-3H3,(H,21,23). The summed E-state index contributed by atoms with van der Waals surface area (Å²) in [4.78, 5) is 12.1. The Hall–Kier alpha value is -3.15. The number of carbonyl (C=O) groups is 1. The molecule has 3 aromatic rings. The quantitative estimate of drug-likeness (QED) is 0.709. The number of para-hydroxylation sites is 2. The van der Waals surface area contributed by atoms with Crippen LogP contribution in [0.25, 0.3) is 10.9 Å². The molecule has 0 saturated carbocycles. The molecule has 6 nitrogen and oxygen atoms in total. The van der Waals surface area contributed by atoms with Gasteiger partial charge in [-0.1, -0.05) is 12.1 Å². The molecule has 0 aliphatic rings. The van der Waals surface area contributed by atoms with Gasteiger partial charge < -0.3 is 24.1 Å². The molecule has 1 heterocycles. The summed E-state index contributed by atoms with van der Waals surface area (Å²) in [5, 5.41) is 3.94. The number of benzene rings is 2. The van der Waals surface area contributed by atoms with Gasteiger partial charge in [0, 0.05) is 30.7 Å². The van der Waals surface area contributed by atoms with Crippen molar-refractivity contribution in [2.45, 2.75) is 6.54 Å². The van der Waals surface area contributed by atoms with E-state index in [0.29, 0.717) is 18.0 Å². The Labute approximate surface area is 152 Å². The molecular formula is C20H22N2O4. The molecule has 0 saturated heterocycles. The van der Waals surface area contributed by atoms with E-state index in [4.69, 9.17) is 14.2 Å². The van der Waals surface area contributed by atoms with Crippen molar-refractivity contribution in [1.82, 2.24) is 9.88 Å². The van der Waals surface area contributed by atoms with E-state index in [-0.39, 0.29) is 12.5 Å². The molecule has 0 aliphatic carbocycles. The van der Waals surface area contributed by atoms with Gasteiger partial charge in [0.25, 0.3) is 5.91 Å². The van der Waals surface area contributed by atoms with Gasteiger partial charge in [-0.05, 0) is 35.9 Å². The van der Waals surface area contributed by atoms with Crippen molar-refractivity contribution >= 4 is 16.8 Å². The molecule has 0 aliphatic heterocycles. The summed E-state index contributed by atoms with van der Waals surface area (Å²) >= 11 is 0. The number of aryl methyl sites for hydroxylation is 1. The first-order chi connectivity index (χ1) is 12.6. The van der Waals surface area contributed by atoms with Gasteiger partial charge in [0.1, 0.15) is 5.75 Å². The lowest BCUT2D eigenvalue weighted by Gasteiger charge is -2.10. The minimum atomic E-state index is -0.198. The highest BCUT2D eigenvalue weighted by Crippen LogP contribution is 2.26. The summed E-state index contributed by atoms with van der Waals surface area (Å²) in [6.07, 6.45) is 2.01. The topological polar surface area (TPSA) is 61.7 Å².